The van der Waals surface area contributed by atoms with E-state index >= 15 is 0 Å². The second-order valence-electron chi connectivity index (χ2n) is 4.03. The van der Waals surface area contributed by atoms with E-state index in [9.17, 15) is 10.1 Å². The molecule has 0 saturated heterocycles. The highest BCUT2D eigenvalue weighted by atomic mass is 32.1. The van der Waals surface area contributed by atoms with E-state index in [2.05, 4.69) is 15.6 Å². The highest BCUT2D eigenvalue weighted by Gasteiger charge is 2.13. The molecule has 100 valence electrons. The van der Waals surface area contributed by atoms with Crippen LogP contribution >= 0.6 is 11.3 Å². The summed E-state index contributed by atoms with van der Waals surface area (Å²) < 4.78 is 0. The van der Waals surface area contributed by atoms with Crippen molar-refractivity contribution in [2.75, 3.05) is 17.7 Å². The predicted molar refractivity (Wildman–Crippen MR) is 76.8 cm³/mol. The summed E-state index contributed by atoms with van der Waals surface area (Å²) in [7, 11) is 1.68. The number of aromatic nitrogens is 1. The Kier molecular flexibility index (Phi) is 3.96. The maximum absolute atomic E-state index is 10.9. The number of anilines is 2. The Labute approximate surface area is 114 Å². The molecule has 0 saturated carbocycles. The number of nitro groups is 1. The SMILES string of the molecule is CNc1cc([N+](=O)[O-])cc(NC(C)c2ccsc2)n1. The molecule has 0 fully saturated rings. The van der Waals surface area contributed by atoms with Gasteiger partial charge in [-0.3, -0.25) is 10.1 Å². The molecule has 19 heavy (non-hydrogen) atoms. The summed E-state index contributed by atoms with van der Waals surface area (Å²) in [5.74, 6) is 0.950. The number of hydrogen-bond acceptors (Lipinski definition) is 6. The molecule has 2 heterocycles. The molecule has 0 spiro atoms. The van der Waals surface area contributed by atoms with Crippen LogP contribution in [0.15, 0.2) is 29.0 Å². The lowest BCUT2D eigenvalue weighted by Crippen LogP contribution is -2.08. The Bertz CT molecular complexity index is 571. The van der Waals surface area contributed by atoms with Crippen LogP contribution in [0.1, 0.15) is 18.5 Å². The number of rotatable bonds is 5. The standard InChI is InChI=1S/C12H14N4O2S/c1-8(9-3-4-19-7-9)14-12-6-10(16(17)18)5-11(13-2)15-12/h3-8H,1-2H3,(H2,13,14,15). The van der Waals surface area contributed by atoms with Gasteiger partial charge >= 0.3 is 0 Å². The summed E-state index contributed by atoms with van der Waals surface area (Å²) in [5.41, 5.74) is 1.14. The molecule has 2 rings (SSSR count). The van der Waals surface area contributed by atoms with Gasteiger partial charge in [-0.05, 0) is 29.3 Å². The van der Waals surface area contributed by atoms with Gasteiger partial charge in [0.05, 0.1) is 23.1 Å². The fourth-order valence-corrected chi connectivity index (χ4v) is 2.40. The van der Waals surface area contributed by atoms with Gasteiger partial charge in [-0.25, -0.2) is 4.98 Å². The molecule has 6 nitrogen and oxygen atoms in total. The number of nitrogens with zero attached hydrogens (tertiary/aromatic N) is 2. The first-order chi connectivity index (χ1) is 9.10. The van der Waals surface area contributed by atoms with E-state index in [1.807, 2.05) is 23.8 Å². The van der Waals surface area contributed by atoms with Crippen molar-refractivity contribution in [1.29, 1.82) is 0 Å². The lowest BCUT2D eigenvalue weighted by Gasteiger charge is -2.13. The van der Waals surface area contributed by atoms with Crippen LogP contribution in [0.2, 0.25) is 0 Å². The summed E-state index contributed by atoms with van der Waals surface area (Å²) >= 11 is 1.61. The zero-order valence-electron chi connectivity index (χ0n) is 10.6. The predicted octanol–water partition coefficient (Wildman–Crippen LogP) is 3.27. The second-order valence-corrected chi connectivity index (χ2v) is 4.81. The van der Waals surface area contributed by atoms with Crippen LogP contribution in [-0.4, -0.2) is 17.0 Å². The third-order valence-corrected chi connectivity index (χ3v) is 3.39. The topological polar surface area (TPSA) is 80.1 Å². The smallest absolute Gasteiger partial charge is 0.276 e. The van der Waals surface area contributed by atoms with Gasteiger partial charge in [0.2, 0.25) is 0 Å². The fourth-order valence-electron chi connectivity index (χ4n) is 1.65. The zero-order chi connectivity index (χ0) is 13.8. The molecule has 0 aliphatic rings. The molecule has 0 aliphatic carbocycles. The Hall–Kier alpha value is -2.15. The molecule has 1 atom stereocenters. The number of thiophene rings is 1. The van der Waals surface area contributed by atoms with E-state index < -0.39 is 4.92 Å². The van der Waals surface area contributed by atoms with Gasteiger partial charge in [-0.1, -0.05) is 0 Å². The van der Waals surface area contributed by atoms with Crippen LogP contribution in [0.4, 0.5) is 17.3 Å². The summed E-state index contributed by atoms with van der Waals surface area (Å²) in [6.07, 6.45) is 0. The van der Waals surface area contributed by atoms with Gasteiger partial charge in [0, 0.05) is 7.05 Å². The Morgan fingerprint density at radius 2 is 2.16 bits per heavy atom. The summed E-state index contributed by atoms with van der Waals surface area (Å²) in [4.78, 5) is 14.7. The summed E-state index contributed by atoms with van der Waals surface area (Å²) in [6, 6.07) is 4.90. The first kappa shape index (κ1) is 13.3. The highest BCUT2D eigenvalue weighted by Crippen LogP contribution is 2.24. The molecular formula is C12H14N4O2S. The van der Waals surface area contributed by atoms with Crippen molar-refractivity contribution in [3.05, 3.63) is 44.6 Å². The Morgan fingerprint density at radius 1 is 1.42 bits per heavy atom. The van der Waals surface area contributed by atoms with E-state index in [-0.39, 0.29) is 11.7 Å². The summed E-state index contributed by atoms with van der Waals surface area (Å²) in [6.45, 7) is 1.99. The minimum atomic E-state index is -0.428. The van der Waals surface area contributed by atoms with E-state index in [4.69, 9.17) is 0 Å². The van der Waals surface area contributed by atoms with Gasteiger partial charge in [0.15, 0.2) is 0 Å². The number of hydrogen-bond donors (Lipinski definition) is 2. The highest BCUT2D eigenvalue weighted by molar-refractivity contribution is 7.07. The molecule has 0 aromatic carbocycles. The molecule has 2 aromatic heterocycles. The van der Waals surface area contributed by atoms with Crippen LogP contribution < -0.4 is 10.6 Å². The first-order valence-electron chi connectivity index (χ1n) is 5.73. The van der Waals surface area contributed by atoms with Crippen molar-refractivity contribution in [2.45, 2.75) is 13.0 Å². The third kappa shape index (κ3) is 3.19. The van der Waals surface area contributed by atoms with Crippen molar-refractivity contribution < 1.29 is 4.92 Å². The van der Waals surface area contributed by atoms with Crippen molar-refractivity contribution >= 4 is 28.7 Å². The molecule has 0 amide bonds. The van der Waals surface area contributed by atoms with Crippen molar-refractivity contribution in [3.8, 4) is 0 Å². The van der Waals surface area contributed by atoms with Gasteiger partial charge < -0.3 is 10.6 Å². The maximum atomic E-state index is 10.9. The number of nitrogens with one attached hydrogen (secondary N) is 2. The van der Waals surface area contributed by atoms with Gasteiger partial charge in [0.25, 0.3) is 5.69 Å². The van der Waals surface area contributed by atoms with Gasteiger partial charge in [-0.2, -0.15) is 11.3 Å². The van der Waals surface area contributed by atoms with Gasteiger partial charge in [-0.15, -0.1) is 0 Å². The average Bonchev–Trinajstić information content (AvgIpc) is 2.92. The monoisotopic (exact) mass is 278 g/mol. The minimum absolute atomic E-state index is 0.0133. The Balaban J connectivity index is 2.24. The Morgan fingerprint density at radius 3 is 2.74 bits per heavy atom. The largest absolute Gasteiger partial charge is 0.373 e. The van der Waals surface area contributed by atoms with E-state index in [0.29, 0.717) is 11.6 Å². The third-order valence-electron chi connectivity index (χ3n) is 2.68. The van der Waals surface area contributed by atoms with Crippen molar-refractivity contribution in [1.82, 2.24) is 4.98 Å². The molecule has 0 aliphatic heterocycles. The number of pyridine rings is 1. The van der Waals surface area contributed by atoms with E-state index in [1.54, 1.807) is 18.4 Å². The normalized spacial score (nSPS) is 11.9. The second kappa shape index (κ2) is 5.66. The lowest BCUT2D eigenvalue weighted by molar-refractivity contribution is -0.384. The molecule has 2 N–H and O–H groups in total. The van der Waals surface area contributed by atoms with Crippen LogP contribution in [-0.2, 0) is 0 Å². The maximum Gasteiger partial charge on any atom is 0.276 e. The van der Waals surface area contributed by atoms with E-state index in [0.717, 1.165) is 5.56 Å². The lowest BCUT2D eigenvalue weighted by atomic mass is 10.2. The van der Waals surface area contributed by atoms with Crippen LogP contribution in [0.5, 0.6) is 0 Å². The fraction of sp³-hybridized carbons (Fsp3) is 0.250. The molecule has 0 radical (unpaired) electrons. The molecule has 7 heteroatoms. The van der Waals surface area contributed by atoms with Crippen LogP contribution in [0.3, 0.4) is 0 Å². The first-order valence-corrected chi connectivity index (χ1v) is 6.67. The summed E-state index contributed by atoms with van der Waals surface area (Å²) in [5, 5.41) is 20.9. The molecular weight excluding hydrogens is 264 g/mol. The van der Waals surface area contributed by atoms with Crippen LogP contribution in [0, 0.1) is 10.1 Å². The van der Waals surface area contributed by atoms with Crippen molar-refractivity contribution in [3.63, 3.8) is 0 Å². The quantitative estimate of drug-likeness (QED) is 0.648. The van der Waals surface area contributed by atoms with E-state index in [1.165, 1.54) is 12.1 Å². The zero-order valence-corrected chi connectivity index (χ0v) is 11.4. The molecule has 1 unspecified atom stereocenters. The minimum Gasteiger partial charge on any atom is -0.373 e. The average molecular weight is 278 g/mol. The molecule has 2 aromatic rings. The molecule has 0 bridgehead atoms. The van der Waals surface area contributed by atoms with Crippen LogP contribution in [0.25, 0.3) is 0 Å². The van der Waals surface area contributed by atoms with Gasteiger partial charge in [0.1, 0.15) is 11.6 Å². The van der Waals surface area contributed by atoms with Crippen molar-refractivity contribution in [2.24, 2.45) is 0 Å².